The van der Waals surface area contributed by atoms with Gasteiger partial charge in [0.1, 0.15) is 0 Å². The summed E-state index contributed by atoms with van der Waals surface area (Å²) in [4.78, 5) is 33.2. The first-order valence-electron chi connectivity index (χ1n) is 7.51. The van der Waals surface area contributed by atoms with Crippen molar-refractivity contribution in [3.05, 3.63) is 35.9 Å². The number of unbranched alkanes of at least 4 members (excludes halogenated alkanes) is 1. The standard InChI is InChI=1S/C15H24NO6P.2Na/c1-2-21-11-7-6-10-15(17)16-14(12-22-23(18,19)20)13-8-4-3-5-9-13;;/h3-5,8-9,14H,2,6-7,10-12H2,1H3,(H,16,17)(H2,18,19,20);;/q;2*+1/p-2/t14-;;/m0../s1. The fourth-order valence-electron chi connectivity index (χ4n) is 1.97. The van der Waals surface area contributed by atoms with Gasteiger partial charge in [0.15, 0.2) is 0 Å². The average molecular weight is 389 g/mol. The molecule has 0 saturated heterocycles. The monoisotopic (exact) mass is 389 g/mol. The van der Waals surface area contributed by atoms with Gasteiger partial charge in [0.25, 0.3) is 0 Å². The summed E-state index contributed by atoms with van der Waals surface area (Å²) in [5.41, 5.74) is 0.670. The van der Waals surface area contributed by atoms with Crippen molar-refractivity contribution < 1.29 is 87.5 Å². The topological polar surface area (TPSA) is 111 Å². The van der Waals surface area contributed by atoms with Crippen LogP contribution in [0.4, 0.5) is 0 Å². The van der Waals surface area contributed by atoms with Gasteiger partial charge in [-0.25, -0.2) is 0 Å². The molecule has 1 atom stereocenters. The molecule has 0 aromatic heterocycles. The number of nitrogens with one attached hydrogen (secondary N) is 1. The number of amides is 1. The van der Waals surface area contributed by atoms with Crippen LogP contribution < -0.4 is 74.2 Å². The molecular weight excluding hydrogens is 367 g/mol. The Balaban J connectivity index is 0. The first-order chi connectivity index (χ1) is 10.9. The summed E-state index contributed by atoms with van der Waals surface area (Å²) in [7, 11) is -5.09. The van der Waals surface area contributed by atoms with Crippen LogP contribution in [0, 0.1) is 0 Å². The normalized spacial score (nSPS) is 11.8. The Kier molecular flexibility index (Phi) is 17.7. The minimum atomic E-state index is -5.09. The van der Waals surface area contributed by atoms with Crippen molar-refractivity contribution in [2.24, 2.45) is 0 Å². The molecule has 25 heavy (non-hydrogen) atoms. The minimum absolute atomic E-state index is 0. The Labute approximate surface area is 193 Å². The van der Waals surface area contributed by atoms with E-state index in [0.717, 1.165) is 6.42 Å². The van der Waals surface area contributed by atoms with Gasteiger partial charge in [0.2, 0.25) is 5.91 Å². The van der Waals surface area contributed by atoms with Crippen LogP contribution >= 0.6 is 7.82 Å². The van der Waals surface area contributed by atoms with Crippen LogP contribution in [0.3, 0.4) is 0 Å². The zero-order valence-electron chi connectivity index (χ0n) is 15.1. The summed E-state index contributed by atoms with van der Waals surface area (Å²) in [6, 6.07) is 8.07. The van der Waals surface area contributed by atoms with E-state index in [1.165, 1.54) is 0 Å². The summed E-state index contributed by atoms with van der Waals surface area (Å²) in [6.45, 7) is 2.73. The van der Waals surface area contributed by atoms with Crippen LogP contribution in [0.2, 0.25) is 0 Å². The van der Waals surface area contributed by atoms with E-state index in [-0.39, 0.29) is 65.0 Å². The van der Waals surface area contributed by atoms with Gasteiger partial charge < -0.3 is 28.9 Å². The molecule has 0 radical (unpaired) electrons. The second-order valence-electron chi connectivity index (χ2n) is 4.93. The number of carbonyl (C=O) groups is 1. The summed E-state index contributed by atoms with van der Waals surface area (Å²) in [5.74, 6) is -0.231. The molecule has 1 aromatic rings. The predicted molar refractivity (Wildman–Crippen MR) is 81.2 cm³/mol. The number of hydrogen-bond acceptors (Lipinski definition) is 6. The molecule has 7 nitrogen and oxygen atoms in total. The van der Waals surface area contributed by atoms with E-state index < -0.39 is 20.5 Å². The van der Waals surface area contributed by atoms with Gasteiger partial charge in [-0.15, -0.1) is 0 Å². The fourth-order valence-corrected chi connectivity index (χ4v) is 2.30. The number of phosphoric acid groups is 1. The van der Waals surface area contributed by atoms with Crippen LogP contribution in [0.25, 0.3) is 0 Å². The Morgan fingerprint density at radius 1 is 1.20 bits per heavy atom. The molecule has 0 unspecified atom stereocenters. The first kappa shape index (κ1) is 28.0. The van der Waals surface area contributed by atoms with Crippen LogP contribution in [-0.2, 0) is 18.6 Å². The van der Waals surface area contributed by atoms with Crippen molar-refractivity contribution >= 4 is 13.7 Å². The van der Waals surface area contributed by atoms with Gasteiger partial charge >= 0.3 is 59.1 Å². The predicted octanol–water partition coefficient (Wildman–Crippen LogP) is -5.10. The van der Waals surface area contributed by atoms with E-state index in [4.69, 9.17) is 4.74 Å². The van der Waals surface area contributed by atoms with Crippen molar-refractivity contribution in [3.8, 4) is 0 Å². The molecule has 1 N–H and O–H groups in total. The Bertz CT molecular complexity index is 514. The van der Waals surface area contributed by atoms with E-state index in [9.17, 15) is 19.1 Å². The summed E-state index contributed by atoms with van der Waals surface area (Å²) in [5, 5.41) is 2.69. The Morgan fingerprint density at radius 3 is 2.40 bits per heavy atom. The molecule has 0 spiro atoms. The molecule has 0 aliphatic rings. The molecule has 0 heterocycles. The number of ether oxygens (including phenoxy) is 1. The number of benzene rings is 1. The van der Waals surface area contributed by atoms with E-state index in [0.29, 0.717) is 31.6 Å². The zero-order chi connectivity index (χ0) is 17.1. The summed E-state index contributed by atoms with van der Waals surface area (Å²) < 4.78 is 20.2. The van der Waals surface area contributed by atoms with E-state index >= 15 is 0 Å². The molecule has 0 bridgehead atoms. The smallest absolute Gasteiger partial charge is 0.790 e. The molecule has 0 fully saturated rings. The minimum Gasteiger partial charge on any atom is -0.790 e. The maximum Gasteiger partial charge on any atom is 1.00 e. The molecule has 10 heteroatoms. The van der Waals surface area contributed by atoms with Gasteiger partial charge in [-0.2, -0.15) is 0 Å². The number of carbonyl (C=O) groups excluding carboxylic acids is 1. The van der Waals surface area contributed by atoms with Gasteiger partial charge in [0.05, 0.1) is 20.5 Å². The van der Waals surface area contributed by atoms with Gasteiger partial charge in [0, 0.05) is 19.6 Å². The third-order valence-electron chi connectivity index (χ3n) is 3.08. The molecule has 0 aliphatic heterocycles. The Morgan fingerprint density at radius 2 is 1.84 bits per heavy atom. The molecular formula is C15H22NNa2O6P. The average Bonchev–Trinajstić information content (AvgIpc) is 2.51. The van der Waals surface area contributed by atoms with E-state index in [1.54, 1.807) is 30.3 Å². The van der Waals surface area contributed by atoms with Gasteiger partial charge in [-0.05, 0) is 25.3 Å². The SMILES string of the molecule is CCOCCCCC(=O)N[C@@H](COP(=O)([O-])[O-])c1ccccc1.[Na+].[Na+]. The number of rotatable bonds is 11. The third-order valence-corrected chi connectivity index (χ3v) is 3.55. The van der Waals surface area contributed by atoms with Crippen molar-refractivity contribution in [2.45, 2.75) is 32.2 Å². The van der Waals surface area contributed by atoms with Gasteiger partial charge in [-0.1, -0.05) is 30.3 Å². The molecule has 130 valence electrons. The van der Waals surface area contributed by atoms with Crippen LogP contribution in [-0.4, -0.2) is 25.7 Å². The maximum absolute atomic E-state index is 12.0. The largest absolute Gasteiger partial charge is 1.00 e. The second kappa shape index (κ2) is 15.8. The molecule has 0 saturated carbocycles. The van der Waals surface area contributed by atoms with Crippen LogP contribution in [0.1, 0.15) is 37.8 Å². The zero-order valence-corrected chi connectivity index (χ0v) is 20.0. The quantitative estimate of drug-likeness (QED) is 0.230. The maximum atomic E-state index is 12.0. The number of hydrogen-bond donors (Lipinski definition) is 1. The van der Waals surface area contributed by atoms with Crippen molar-refractivity contribution in [1.29, 1.82) is 0 Å². The molecule has 1 rings (SSSR count). The summed E-state index contributed by atoms with van der Waals surface area (Å²) >= 11 is 0. The molecule has 1 aromatic carbocycles. The molecule has 0 aliphatic carbocycles. The third kappa shape index (κ3) is 14.5. The number of phosphoric ester groups is 1. The van der Waals surface area contributed by atoms with Crippen molar-refractivity contribution in [3.63, 3.8) is 0 Å². The second-order valence-corrected chi connectivity index (χ2v) is 6.08. The van der Waals surface area contributed by atoms with Crippen molar-refractivity contribution in [1.82, 2.24) is 5.32 Å². The first-order valence-corrected chi connectivity index (χ1v) is 8.97. The van der Waals surface area contributed by atoms with Crippen LogP contribution in [0.15, 0.2) is 30.3 Å². The van der Waals surface area contributed by atoms with E-state index in [2.05, 4.69) is 9.84 Å². The van der Waals surface area contributed by atoms with Crippen molar-refractivity contribution in [2.75, 3.05) is 19.8 Å². The fraction of sp³-hybridized carbons (Fsp3) is 0.533. The van der Waals surface area contributed by atoms with Crippen LogP contribution in [0.5, 0.6) is 0 Å². The molecule has 1 amide bonds. The van der Waals surface area contributed by atoms with Gasteiger partial charge in [-0.3, -0.25) is 4.79 Å². The Hall–Kier alpha value is 0.760. The summed E-state index contributed by atoms with van der Waals surface area (Å²) in [6.07, 6.45) is 1.72. The van der Waals surface area contributed by atoms with E-state index in [1.807, 2.05) is 6.92 Å².